The summed E-state index contributed by atoms with van der Waals surface area (Å²) in [6, 6.07) is 0.502. The molecule has 0 bridgehead atoms. The van der Waals surface area contributed by atoms with Gasteiger partial charge in [0.1, 0.15) is 5.60 Å². The topological polar surface area (TPSA) is 60.2 Å². The van der Waals surface area contributed by atoms with Gasteiger partial charge in [0.15, 0.2) is 0 Å². The van der Waals surface area contributed by atoms with E-state index >= 15 is 0 Å². The molecule has 2 rings (SSSR count). The van der Waals surface area contributed by atoms with Crippen molar-refractivity contribution in [2.45, 2.75) is 65.9 Å². The molecule has 1 N–H and O–H groups in total. The summed E-state index contributed by atoms with van der Waals surface area (Å²) in [5.74, 6) is 1.24. The lowest BCUT2D eigenvalue weighted by Gasteiger charge is -2.41. The van der Waals surface area contributed by atoms with E-state index in [4.69, 9.17) is 9.26 Å². The maximum Gasteiger partial charge on any atom is 0.321 e. The third-order valence-corrected chi connectivity index (χ3v) is 4.33. The minimum atomic E-state index is -0.370. The third kappa shape index (κ3) is 3.96. The zero-order chi connectivity index (χ0) is 15.5. The van der Waals surface area contributed by atoms with E-state index < -0.39 is 0 Å². The fraction of sp³-hybridized carbons (Fsp3) is 0.875. The zero-order valence-corrected chi connectivity index (χ0v) is 14.0. The average Bonchev–Trinajstić information content (AvgIpc) is 2.89. The number of aromatic nitrogens is 2. The molecule has 0 unspecified atom stereocenters. The van der Waals surface area contributed by atoms with Crippen molar-refractivity contribution in [3.05, 3.63) is 5.82 Å². The van der Waals surface area contributed by atoms with Gasteiger partial charge in [0.25, 0.3) is 0 Å². The van der Waals surface area contributed by atoms with Gasteiger partial charge in [-0.05, 0) is 43.9 Å². The average molecular weight is 295 g/mol. The van der Waals surface area contributed by atoms with E-state index in [0.29, 0.717) is 29.8 Å². The van der Waals surface area contributed by atoms with Crippen molar-refractivity contribution < 1.29 is 9.26 Å². The first-order valence-corrected chi connectivity index (χ1v) is 8.09. The van der Waals surface area contributed by atoms with Gasteiger partial charge in [-0.15, -0.1) is 0 Å². The number of anilines is 1. The van der Waals surface area contributed by atoms with Crippen molar-refractivity contribution >= 4 is 6.01 Å². The summed E-state index contributed by atoms with van der Waals surface area (Å²) in [6.45, 7) is 12.5. The normalized spacial score (nSPS) is 20.7. The molecule has 0 aromatic carbocycles. The number of ether oxygens (including phenoxy) is 1. The summed E-state index contributed by atoms with van der Waals surface area (Å²) in [6.07, 6.45) is 4.15. The van der Waals surface area contributed by atoms with Gasteiger partial charge in [-0.25, -0.2) is 0 Å². The Labute approximate surface area is 127 Å². The van der Waals surface area contributed by atoms with Crippen molar-refractivity contribution in [2.75, 3.05) is 18.5 Å². The van der Waals surface area contributed by atoms with E-state index in [1.54, 1.807) is 0 Å². The number of rotatable bonds is 6. The minimum Gasteiger partial charge on any atom is -0.367 e. The van der Waals surface area contributed by atoms with Crippen LogP contribution >= 0.6 is 0 Å². The molecular formula is C16H29N3O2. The van der Waals surface area contributed by atoms with Gasteiger partial charge in [-0.3, -0.25) is 0 Å². The number of hydrogen-bond donors (Lipinski definition) is 1. The van der Waals surface area contributed by atoms with E-state index in [9.17, 15) is 0 Å². The summed E-state index contributed by atoms with van der Waals surface area (Å²) < 4.78 is 11.4. The van der Waals surface area contributed by atoms with Crippen molar-refractivity contribution in [3.8, 4) is 0 Å². The molecule has 1 aromatic heterocycles. The number of hydrogen-bond acceptors (Lipinski definition) is 5. The minimum absolute atomic E-state index is 0.370. The molecule has 5 heteroatoms. The largest absolute Gasteiger partial charge is 0.367 e. The second-order valence-electron chi connectivity index (χ2n) is 7.29. The molecular weight excluding hydrogens is 266 g/mol. The molecule has 120 valence electrons. The van der Waals surface area contributed by atoms with Crippen LogP contribution in [0.3, 0.4) is 0 Å². The lowest BCUT2D eigenvalue weighted by molar-refractivity contribution is -0.0957. The first-order valence-electron chi connectivity index (χ1n) is 8.09. The SMILES string of the molecule is CCOC1(c2noc(NCC(C)C)n2)CCC(C)(C)CC1. The molecule has 1 fully saturated rings. The molecule has 0 amide bonds. The van der Waals surface area contributed by atoms with Crippen LogP contribution in [0.5, 0.6) is 0 Å². The maximum atomic E-state index is 6.08. The molecule has 21 heavy (non-hydrogen) atoms. The molecule has 1 saturated carbocycles. The van der Waals surface area contributed by atoms with Gasteiger partial charge in [-0.1, -0.05) is 32.9 Å². The second kappa shape index (κ2) is 6.34. The van der Waals surface area contributed by atoms with Crippen LogP contribution < -0.4 is 5.32 Å². The fourth-order valence-corrected chi connectivity index (χ4v) is 2.81. The van der Waals surface area contributed by atoms with Crippen LogP contribution in [0.1, 0.15) is 66.1 Å². The zero-order valence-electron chi connectivity index (χ0n) is 14.0. The van der Waals surface area contributed by atoms with Crippen LogP contribution in [0.4, 0.5) is 6.01 Å². The first-order chi connectivity index (χ1) is 9.87. The summed E-state index contributed by atoms with van der Waals surface area (Å²) in [7, 11) is 0. The highest BCUT2D eigenvalue weighted by Crippen LogP contribution is 2.46. The van der Waals surface area contributed by atoms with Crippen LogP contribution in [0.25, 0.3) is 0 Å². The monoisotopic (exact) mass is 295 g/mol. The standard InChI is InChI=1S/C16H29N3O2/c1-6-20-16(9-7-15(4,5)8-10-16)13-18-14(21-19-13)17-11-12(2)3/h12H,6-11H2,1-5H3,(H,17,18,19). The highest BCUT2D eigenvalue weighted by atomic mass is 16.5. The lowest BCUT2D eigenvalue weighted by Crippen LogP contribution is -2.38. The Bertz CT molecular complexity index is 444. The van der Waals surface area contributed by atoms with Gasteiger partial charge in [0, 0.05) is 13.2 Å². The van der Waals surface area contributed by atoms with Gasteiger partial charge in [-0.2, -0.15) is 4.98 Å². The van der Waals surface area contributed by atoms with Crippen molar-refractivity contribution in [2.24, 2.45) is 11.3 Å². The van der Waals surface area contributed by atoms with Crippen molar-refractivity contribution in [1.82, 2.24) is 10.1 Å². The van der Waals surface area contributed by atoms with Gasteiger partial charge in [0.2, 0.25) is 5.82 Å². The Morgan fingerprint density at radius 3 is 2.48 bits per heavy atom. The Morgan fingerprint density at radius 2 is 1.90 bits per heavy atom. The molecule has 1 aromatic rings. The third-order valence-electron chi connectivity index (χ3n) is 4.33. The molecule has 1 aliphatic rings. The second-order valence-corrected chi connectivity index (χ2v) is 7.29. The molecule has 5 nitrogen and oxygen atoms in total. The Kier molecular flexibility index (Phi) is 4.91. The van der Waals surface area contributed by atoms with Gasteiger partial charge in [0.05, 0.1) is 0 Å². The molecule has 1 heterocycles. The maximum absolute atomic E-state index is 6.08. The van der Waals surface area contributed by atoms with Crippen LogP contribution in [0.15, 0.2) is 4.52 Å². The quantitative estimate of drug-likeness (QED) is 0.860. The fourth-order valence-electron chi connectivity index (χ4n) is 2.81. The Hall–Kier alpha value is -1.10. The van der Waals surface area contributed by atoms with Crippen LogP contribution in [-0.4, -0.2) is 23.3 Å². The molecule has 0 aliphatic heterocycles. The van der Waals surface area contributed by atoms with Gasteiger partial charge < -0.3 is 14.6 Å². The Morgan fingerprint density at radius 1 is 1.24 bits per heavy atom. The molecule has 0 saturated heterocycles. The summed E-state index contributed by atoms with van der Waals surface area (Å²) in [5, 5.41) is 7.37. The van der Waals surface area contributed by atoms with E-state index in [1.807, 2.05) is 6.92 Å². The van der Waals surface area contributed by atoms with E-state index in [1.165, 1.54) is 0 Å². The van der Waals surface area contributed by atoms with E-state index in [-0.39, 0.29) is 5.60 Å². The highest BCUT2D eigenvalue weighted by Gasteiger charge is 2.43. The number of nitrogens with one attached hydrogen (secondary N) is 1. The van der Waals surface area contributed by atoms with Gasteiger partial charge >= 0.3 is 6.01 Å². The van der Waals surface area contributed by atoms with Crippen LogP contribution in [0.2, 0.25) is 0 Å². The molecule has 1 aliphatic carbocycles. The smallest absolute Gasteiger partial charge is 0.321 e. The van der Waals surface area contributed by atoms with Crippen LogP contribution in [0, 0.1) is 11.3 Å². The summed E-state index contributed by atoms with van der Waals surface area (Å²) in [4.78, 5) is 4.53. The molecule has 0 spiro atoms. The molecule has 0 atom stereocenters. The van der Waals surface area contributed by atoms with Crippen molar-refractivity contribution in [1.29, 1.82) is 0 Å². The highest BCUT2D eigenvalue weighted by molar-refractivity contribution is 5.20. The summed E-state index contributed by atoms with van der Waals surface area (Å²) in [5.41, 5.74) is 0.00852. The molecule has 0 radical (unpaired) electrons. The van der Waals surface area contributed by atoms with Crippen molar-refractivity contribution in [3.63, 3.8) is 0 Å². The predicted octanol–water partition coefficient (Wildman–Crippen LogP) is 3.97. The first kappa shape index (κ1) is 16.3. The lowest BCUT2D eigenvalue weighted by atomic mass is 9.70. The van der Waals surface area contributed by atoms with Crippen LogP contribution in [-0.2, 0) is 10.3 Å². The van der Waals surface area contributed by atoms with E-state index in [2.05, 4.69) is 43.2 Å². The predicted molar refractivity (Wildman–Crippen MR) is 83.2 cm³/mol. The van der Waals surface area contributed by atoms with E-state index in [0.717, 1.165) is 32.2 Å². The number of nitrogens with zero attached hydrogens (tertiary/aromatic N) is 2. The Balaban J connectivity index is 2.12. The summed E-state index contributed by atoms with van der Waals surface area (Å²) >= 11 is 0.